The van der Waals surface area contributed by atoms with Crippen molar-refractivity contribution < 1.29 is 13.6 Å². The summed E-state index contributed by atoms with van der Waals surface area (Å²) in [5, 5.41) is 0.877. The molecular weight excluding hydrogens is 414 g/mol. The predicted octanol–water partition coefficient (Wildman–Crippen LogP) is 3.36. The summed E-state index contributed by atoms with van der Waals surface area (Å²) in [6, 6.07) is 3.57. The molecule has 9 heteroatoms. The van der Waals surface area contributed by atoms with Gasteiger partial charge in [0.15, 0.2) is 5.65 Å². The highest BCUT2D eigenvalue weighted by atomic mass is 19.1. The van der Waals surface area contributed by atoms with Crippen molar-refractivity contribution in [3.8, 4) is 5.69 Å². The van der Waals surface area contributed by atoms with Crippen LogP contribution in [0.25, 0.3) is 16.7 Å². The molecule has 0 radical (unpaired) electrons. The van der Waals surface area contributed by atoms with Crippen LogP contribution in [-0.4, -0.2) is 64.1 Å². The first kappa shape index (κ1) is 20.7. The maximum Gasteiger partial charge on any atom is 0.219 e. The number of amides is 1. The predicted molar refractivity (Wildman–Crippen MR) is 119 cm³/mol. The normalized spacial score (nSPS) is 19.2. The average Bonchev–Trinajstić information content (AvgIpc) is 3.40. The van der Waals surface area contributed by atoms with Crippen LogP contribution >= 0.6 is 0 Å². The molecule has 0 bridgehead atoms. The van der Waals surface area contributed by atoms with Gasteiger partial charge in [-0.3, -0.25) is 9.36 Å². The van der Waals surface area contributed by atoms with Gasteiger partial charge in [0.05, 0.1) is 16.8 Å². The number of fused-ring (bicyclic) bond motifs is 1. The Bertz CT molecular complexity index is 1150. The molecule has 2 fully saturated rings. The zero-order valence-corrected chi connectivity index (χ0v) is 18.3. The molecule has 5 rings (SSSR count). The molecule has 0 unspecified atom stereocenters. The molecule has 1 atom stereocenters. The van der Waals surface area contributed by atoms with Crippen LogP contribution < -0.4 is 9.80 Å². The summed E-state index contributed by atoms with van der Waals surface area (Å²) in [6.45, 7) is 7.41. The average molecular weight is 440 g/mol. The Hall–Kier alpha value is -3.23. The largest absolute Gasteiger partial charge is 0.370 e. The van der Waals surface area contributed by atoms with Crippen molar-refractivity contribution in [3.63, 3.8) is 0 Å². The van der Waals surface area contributed by atoms with Crippen LogP contribution in [0.3, 0.4) is 0 Å². The summed E-state index contributed by atoms with van der Waals surface area (Å²) in [6.07, 6.45) is 5.61. The van der Waals surface area contributed by atoms with Crippen molar-refractivity contribution in [2.75, 3.05) is 42.5 Å². The molecule has 0 N–H and O–H groups in total. The number of carbonyl (C=O) groups excluding carboxylic acids is 1. The highest BCUT2D eigenvalue weighted by Gasteiger charge is 2.30. The van der Waals surface area contributed by atoms with Gasteiger partial charge >= 0.3 is 0 Å². The third-order valence-electron chi connectivity index (χ3n) is 6.46. The van der Waals surface area contributed by atoms with E-state index in [0.29, 0.717) is 31.0 Å². The van der Waals surface area contributed by atoms with Crippen molar-refractivity contribution in [2.45, 2.75) is 32.7 Å². The molecule has 2 aromatic heterocycles. The van der Waals surface area contributed by atoms with Crippen LogP contribution in [0.1, 0.15) is 26.7 Å². The summed E-state index contributed by atoms with van der Waals surface area (Å²) in [5.41, 5.74) is 1.97. The Balaban J connectivity index is 1.66. The van der Waals surface area contributed by atoms with E-state index in [1.165, 1.54) is 18.5 Å². The summed E-state index contributed by atoms with van der Waals surface area (Å²) in [7, 11) is 0. The summed E-state index contributed by atoms with van der Waals surface area (Å²) in [4.78, 5) is 27.4. The van der Waals surface area contributed by atoms with Crippen LogP contribution in [0.15, 0.2) is 30.7 Å². The highest BCUT2D eigenvalue weighted by Crippen LogP contribution is 2.38. The van der Waals surface area contributed by atoms with E-state index in [9.17, 15) is 13.6 Å². The topological polar surface area (TPSA) is 57.5 Å². The standard InChI is InChI=1S/C23H26F2N6O/c1-15-12-29(16(2)32)7-8-30(15)22-21-20(28-5-3-4-6-28)13-31(23(21)27-14-26-22)19-10-17(24)9-18(25)11-19/h9-11,13-15H,3-8,12H2,1-2H3/t15-/m0/s1. The van der Waals surface area contributed by atoms with Gasteiger partial charge in [0.2, 0.25) is 5.91 Å². The summed E-state index contributed by atoms with van der Waals surface area (Å²) >= 11 is 0. The molecule has 2 aliphatic heterocycles. The van der Waals surface area contributed by atoms with Gasteiger partial charge in [-0.15, -0.1) is 0 Å². The molecule has 0 saturated carbocycles. The molecule has 32 heavy (non-hydrogen) atoms. The van der Waals surface area contributed by atoms with Crippen LogP contribution in [-0.2, 0) is 4.79 Å². The van der Waals surface area contributed by atoms with Gasteiger partial charge in [0.1, 0.15) is 23.8 Å². The fourth-order valence-corrected chi connectivity index (χ4v) is 4.88. The Morgan fingerprint density at radius 3 is 2.41 bits per heavy atom. The lowest BCUT2D eigenvalue weighted by Crippen LogP contribution is -2.53. The van der Waals surface area contributed by atoms with Gasteiger partial charge in [0.25, 0.3) is 0 Å². The molecule has 2 saturated heterocycles. The second-order valence-corrected chi connectivity index (χ2v) is 8.61. The number of hydrogen-bond donors (Lipinski definition) is 0. The number of hydrogen-bond acceptors (Lipinski definition) is 5. The first-order valence-corrected chi connectivity index (χ1v) is 11.0. The van der Waals surface area contributed by atoms with Gasteiger partial charge < -0.3 is 14.7 Å². The Kier molecular flexibility index (Phi) is 5.19. The second-order valence-electron chi connectivity index (χ2n) is 8.61. The Morgan fingerprint density at radius 1 is 1.03 bits per heavy atom. The maximum absolute atomic E-state index is 14.0. The van der Waals surface area contributed by atoms with Gasteiger partial charge in [-0.05, 0) is 31.9 Å². The molecule has 7 nitrogen and oxygen atoms in total. The second kappa shape index (κ2) is 8.03. The molecular formula is C23H26F2N6O. The minimum Gasteiger partial charge on any atom is -0.370 e. The molecule has 4 heterocycles. The van der Waals surface area contributed by atoms with Crippen molar-refractivity contribution in [1.82, 2.24) is 19.4 Å². The zero-order chi connectivity index (χ0) is 22.4. The Morgan fingerprint density at radius 2 is 1.75 bits per heavy atom. The summed E-state index contributed by atoms with van der Waals surface area (Å²) in [5.74, 6) is -0.398. The van der Waals surface area contributed by atoms with E-state index in [2.05, 4.69) is 26.7 Å². The van der Waals surface area contributed by atoms with E-state index < -0.39 is 11.6 Å². The highest BCUT2D eigenvalue weighted by molar-refractivity contribution is 6.01. The first-order valence-electron chi connectivity index (χ1n) is 11.0. The van der Waals surface area contributed by atoms with E-state index in [1.807, 2.05) is 11.1 Å². The van der Waals surface area contributed by atoms with Crippen molar-refractivity contribution in [2.24, 2.45) is 0 Å². The third kappa shape index (κ3) is 3.55. The van der Waals surface area contributed by atoms with Crippen molar-refractivity contribution in [3.05, 3.63) is 42.4 Å². The maximum atomic E-state index is 14.0. The van der Waals surface area contributed by atoms with Gasteiger partial charge in [-0.1, -0.05) is 0 Å². The lowest BCUT2D eigenvalue weighted by atomic mass is 10.1. The molecule has 1 aromatic carbocycles. The van der Waals surface area contributed by atoms with Crippen LogP contribution in [0.4, 0.5) is 20.3 Å². The third-order valence-corrected chi connectivity index (χ3v) is 6.46. The van der Waals surface area contributed by atoms with Crippen molar-refractivity contribution >= 4 is 28.4 Å². The minimum absolute atomic E-state index is 0.0707. The number of carbonyl (C=O) groups is 1. The number of benzene rings is 1. The number of nitrogens with zero attached hydrogens (tertiary/aromatic N) is 6. The summed E-state index contributed by atoms with van der Waals surface area (Å²) < 4.78 is 29.8. The van der Waals surface area contributed by atoms with E-state index in [4.69, 9.17) is 0 Å². The molecule has 0 aliphatic carbocycles. The van der Waals surface area contributed by atoms with E-state index >= 15 is 0 Å². The molecule has 168 valence electrons. The monoisotopic (exact) mass is 440 g/mol. The van der Waals surface area contributed by atoms with Gasteiger partial charge in [-0.2, -0.15) is 0 Å². The molecule has 3 aromatic rings. The van der Waals surface area contributed by atoms with E-state index in [1.54, 1.807) is 11.5 Å². The fraction of sp³-hybridized carbons (Fsp3) is 0.435. The van der Waals surface area contributed by atoms with Crippen molar-refractivity contribution in [1.29, 1.82) is 0 Å². The van der Waals surface area contributed by atoms with E-state index in [0.717, 1.165) is 48.9 Å². The number of anilines is 2. The number of aromatic nitrogens is 3. The number of halogens is 2. The molecule has 2 aliphatic rings. The number of piperazine rings is 1. The zero-order valence-electron chi connectivity index (χ0n) is 18.3. The first-order chi connectivity index (χ1) is 15.4. The quantitative estimate of drug-likeness (QED) is 0.625. The minimum atomic E-state index is -0.632. The fourth-order valence-electron chi connectivity index (χ4n) is 4.88. The SMILES string of the molecule is CC(=O)N1CCN(c2ncnc3c2c(N2CCCC2)cn3-c2cc(F)cc(F)c2)[C@@H](C)C1. The lowest BCUT2D eigenvalue weighted by molar-refractivity contribution is -0.129. The lowest BCUT2D eigenvalue weighted by Gasteiger charge is -2.40. The Labute approximate surface area is 185 Å². The molecule has 1 amide bonds. The van der Waals surface area contributed by atoms with Crippen LogP contribution in [0.5, 0.6) is 0 Å². The van der Waals surface area contributed by atoms with Crippen LogP contribution in [0.2, 0.25) is 0 Å². The number of rotatable bonds is 3. The van der Waals surface area contributed by atoms with Crippen LogP contribution in [0, 0.1) is 11.6 Å². The van der Waals surface area contributed by atoms with E-state index in [-0.39, 0.29) is 11.9 Å². The smallest absolute Gasteiger partial charge is 0.219 e. The molecule has 0 spiro atoms. The van der Waals surface area contributed by atoms with Gasteiger partial charge in [0, 0.05) is 58.0 Å². The van der Waals surface area contributed by atoms with Gasteiger partial charge in [-0.25, -0.2) is 18.7 Å².